The average molecular weight is 271 g/mol. The zero-order valence-corrected chi connectivity index (χ0v) is 10.9. The molecule has 90 valence electrons. The normalized spacial score (nSPS) is 12.6. The molecule has 5 heteroatoms. The van der Waals surface area contributed by atoms with E-state index in [4.69, 9.17) is 11.6 Å². The molecule has 0 amide bonds. The van der Waals surface area contributed by atoms with E-state index in [1.807, 2.05) is 18.4 Å². The molecule has 17 heavy (non-hydrogen) atoms. The summed E-state index contributed by atoms with van der Waals surface area (Å²) in [6, 6.07) is 4.92. The summed E-state index contributed by atoms with van der Waals surface area (Å²) < 4.78 is 13.3. The molecule has 0 aliphatic rings. The van der Waals surface area contributed by atoms with Gasteiger partial charge in [0.05, 0.1) is 16.2 Å². The predicted molar refractivity (Wildman–Crippen MR) is 68.8 cm³/mol. The molecule has 1 unspecified atom stereocenters. The van der Waals surface area contributed by atoms with E-state index in [1.165, 1.54) is 6.07 Å². The standard InChI is InChI=1S/C12H12ClFN2S/c1-8(15-5-10-6-17-7-16-10)9-2-3-11(13)12(14)4-9/h2-4,6-8,15H,5H2,1H3. The van der Waals surface area contributed by atoms with Crippen molar-refractivity contribution >= 4 is 22.9 Å². The van der Waals surface area contributed by atoms with E-state index in [0.717, 1.165) is 11.3 Å². The van der Waals surface area contributed by atoms with Crippen LogP contribution in [0.3, 0.4) is 0 Å². The highest BCUT2D eigenvalue weighted by Gasteiger charge is 2.08. The van der Waals surface area contributed by atoms with Crippen LogP contribution in [0.25, 0.3) is 0 Å². The zero-order chi connectivity index (χ0) is 12.3. The van der Waals surface area contributed by atoms with Gasteiger partial charge in [-0.2, -0.15) is 0 Å². The molecule has 1 aromatic heterocycles. The summed E-state index contributed by atoms with van der Waals surface area (Å²) >= 11 is 7.20. The van der Waals surface area contributed by atoms with Gasteiger partial charge < -0.3 is 5.32 Å². The van der Waals surface area contributed by atoms with Gasteiger partial charge in [0.1, 0.15) is 5.82 Å². The highest BCUT2D eigenvalue weighted by Crippen LogP contribution is 2.20. The van der Waals surface area contributed by atoms with Crippen molar-refractivity contribution in [2.75, 3.05) is 0 Å². The topological polar surface area (TPSA) is 24.9 Å². The molecule has 0 aliphatic heterocycles. The van der Waals surface area contributed by atoms with Crippen molar-refractivity contribution in [3.63, 3.8) is 0 Å². The molecule has 0 fully saturated rings. The zero-order valence-electron chi connectivity index (χ0n) is 9.28. The molecule has 0 aliphatic carbocycles. The smallest absolute Gasteiger partial charge is 0.142 e. The van der Waals surface area contributed by atoms with Gasteiger partial charge >= 0.3 is 0 Å². The third-order valence-corrected chi connectivity index (χ3v) is 3.46. The van der Waals surface area contributed by atoms with Crippen LogP contribution in [0.1, 0.15) is 24.2 Å². The van der Waals surface area contributed by atoms with Crippen LogP contribution in [0.5, 0.6) is 0 Å². The molecule has 0 bridgehead atoms. The molecule has 2 nitrogen and oxygen atoms in total. The maximum Gasteiger partial charge on any atom is 0.142 e. The van der Waals surface area contributed by atoms with E-state index in [9.17, 15) is 4.39 Å². The Morgan fingerprint density at radius 3 is 3.00 bits per heavy atom. The summed E-state index contributed by atoms with van der Waals surface area (Å²) in [4.78, 5) is 4.17. The summed E-state index contributed by atoms with van der Waals surface area (Å²) in [5.41, 5.74) is 3.67. The Morgan fingerprint density at radius 2 is 2.35 bits per heavy atom. The second-order valence-corrected chi connectivity index (χ2v) is 4.88. The second-order valence-electron chi connectivity index (χ2n) is 3.76. The summed E-state index contributed by atoms with van der Waals surface area (Å²) in [7, 11) is 0. The fourth-order valence-corrected chi connectivity index (χ4v) is 2.16. The minimum Gasteiger partial charge on any atom is -0.305 e. The average Bonchev–Trinajstić information content (AvgIpc) is 2.82. The van der Waals surface area contributed by atoms with Crippen LogP contribution in [0.15, 0.2) is 29.1 Å². The number of hydrogen-bond acceptors (Lipinski definition) is 3. The number of nitrogens with zero attached hydrogens (tertiary/aromatic N) is 1. The Labute approximate surface area is 108 Å². The Morgan fingerprint density at radius 1 is 1.53 bits per heavy atom. The van der Waals surface area contributed by atoms with Crippen molar-refractivity contribution in [2.24, 2.45) is 0 Å². The van der Waals surface area contributed by atoms with Gasteiger partial charge in [0.25, 0.3) is 0 Å². The van der Waals surface area contributed by atoms with Gasteiger partial charge in [-0.25, -0.2) is 9.37 Å². The van der Waals surface area contributed by atoms with E-state index in [1.54, 1.807) is 22.9 Å². The van der Waals surface area contributed by atoms with Crippen LogP contribution in [0.2, 0.25) is 5.02 Å². The SMILES string of the molecule is CC(NCc1cscn1)c1ccc(Cl)c(F)c1. The number of benzene rings is 1. The number of aromatic nitrogens is 1. The summed E-state index contributed by atoms with van der Waals surface area (Å²) in [6.07, 6.45) is 0. The maximum absolute atomic E-state index is 13.3. The lowest BCUT2D eigenvalue weighted by molar-refractivity contribution is 0.560. The first-order valence-electron chi connectivity index (χ1n) is 5.22. The summed E-state index contributed by atoms with van der Waals surface area (Å²) in [5.74, 6) is -0.383. The van der Waals surface area contributed by atoms with Crippen LogP contribution < -0.4 is 5.32 Å². The van der Waals surface area contributed by atoms with Crippen molar-refractivity contribution in [3.05, 3.63) is 51.2 Å². The van der Waals surface area contributed by atoms with Gasteiger partial charge in [0.2, 0.25) is 0 Å². The van der Waals surface area contributed by atoms with Crippen molar-refractivity contribution in [1.82, 2.24) is 10.3 Å². The molecule has 1 heterocycles. The molecule has 0 radical (unpaired) electrons. The maximum atomic E-state index is 13.3. The minimum absolute atomic E-state index is 0.0588. The first-order valence-corrected chi connectivity index (χ1v) is 6.54. The Bertz CT molecular complexity index is 487. The lowest BCUT2D eigenvalue weighted by atomic mass is 10.1. The van der Waals surface area contributed by atoms with Gasteiger partial charge in [0, 0.05) is 18.0 Å². The van der Waals surface area contributed by atoms with Gasteiger partial charge in [-0.15, -0.1) is 11.3 Å². The predicted octanol–water partition coefficient (Wildman–Crippen LogP) is 3.79. The van der Waals surface area contributed by atoms with E-state index >= 15 is 0 Å². The van der Waals surface area contributed by atoms with Gasteiger partial charge in [0.15, 0.2) is 0 Å². The van der Waals surface area contributed by atoms with Crippen molar-refractivity contribution < 1.29 is 4.39 Å². The number of rotatable bonds is 4. The molecule has 0 saturated carbocycles. The van der Waals surface area contributed by atoms with Crippen LogP contribution in [-0.2, 0) is 6.54 Å². The number of nitrogens with one attached hydrogen (secondary N) is 1. The van der Waals surface area contributed by atoms with Crippen LogP contribution in [0, 0.1) is 5.82 Å². The molecule has 2 rings (SSSR count). The second kappa shape index (κ2) is 5.58. The molecule has 1 N–H and O–H groups in total. The van der Waals surface area contributed by atoms with E-state index in [-0.39, 0.29) is 16.9 Å². The first-order chi connectivity index (χ1) is 8.16. The third kappa shape index (κ3) is 3.25. The molecule has 1 aromatic carbocycles. The Hall–Kier alpha value is -0.970. The van der Waals surface area contributed by atoms with Gasteiger partial charge in [-0.3, -0.25) is 0 Å². The van der Waals surface area contributed by atoms with Crippen LogP contribution in [-0.4, -0.2) is 4.98 Å². The fraction of sp³-hybridized carbons (Fsp3) is 0.250. The fourth-order valence-electron chi connectivity index (χ4n) is 1.48. The van der Waals surface area contributed by atoms with Crippen molar-refractivity contribution in [2.45, 2.75) is 19.5 Å². The minimum atomic E-state index is -0.383. The number of halogens is 2. The quantitative estimate of drug-likeness (QED) is 0.914. The molecular weight excluding hydrogens is 259 g/mol. The molecular formula is C12H12ClFN2S. The lowest BCUT2D eigenvalue weighted by Crippen LogP contribution is -2.18. The first kappa shape index (κ1) is 12.5. The summed E-state index contributed by atoms with van der Waals surface area (Å²) in [5, 5.41) is 5.42. The van der Waals surface area contributed by atoms with E-state index in [0.29, 0.717) is 6.54 Å². The van der Waals surface area contributed by atoms with Gasteiger partial charge in [-0.05, 0) is 24.6 Å². The monoisotopic (exact) mass is 270 g/mol. The number of hydrogen-bond donors (Lipinski definition) is 1. The highest BCUT2D eigenvalue weighted by atomic mass is 35.5. The molecule has 0 saturated heterocycles. The summed E-state index contributed by atoms with van der Waals surface area (Å²) in [6.45, 7) is 2.66. The Balaban J connectivity index is 1.99. The molecule has 1 atom stereocenters. The number of thiazole rings is 1. The Kier molecular flexibility index (Phi) is 4.10. The van der Waals surface area contributed by atoms with Crippen LogP contribution >= 0.6 is 22.9 Å². The third-order valence-electron chi connectivity index (χ3n) is 2.52. The van der Waals surface area contributed by atoms with Crippen LogP contribution in [0.4, 0.5) is 4.39 Å². The molecule has 2 aromatic rings. The van der Waals surface area contributed by atoms with Crippen molar-refractivity contribution in [1.29, 1.82) is 0 Å². The highest BCUT2D eigenvalue weighted by molar-refractivity contribution is 7.07. The van der Waals surface area contributed by atoms with Gasteiger partial charge in [-0.1, -0.05) is 17.7 Å². The molecule has 0 spiro atoms. The van der Waals surface area contributed by atoms with E-state index < -0.39 is 0 Å². The van der Waals surface area contributed by atoms with Crippen molar-refractivity contribution in [3.8, 4) is 0 Å². The largest absolute Gasteiger partial charge is 0.305 e. The lowest BCUT2D eigenvalue weighted by Gasteiger charge is -2.13. The van der Waals surface area contributed by atoms with E-state index in [2.05, 4.69) is 10.3 Å².